The molecule has 28 heavy (non-hydrogen) atoms. The van der Waals surface area contributed by atoms with Crippen LogP contribution in [0, 0.1) is 6.57 Å². The molecule has 4 aromatic carbocycles. The second kappa shape index (κ2) is 5.58. The van der Waals surface area contributed by atoms with E-state index in [1.165, 1.54) is 38.8 Å². The molecule has 130 valence electrons. The Kier molecular flexibility index (Phi) is 3.04. The third-order valence-electron chi connectivity index (χ3n) is 5.85. The van der Waals surface area contributed by atoms with Crippen LogP contribution in [-0.4, -0.2) is 4.57 Å². The van der Waals surface area contributed by atoms with Gasteiger partial charge >= 0.3 is 0 Å². The van der Waals surface area contributed by atoms with E-state index in [9.17, 15) is 0 Å². The van der Waals surface area contributed by atoms with Crippen molar-refractivity contribution in [1.82, 2.24) is 4.57 Å². The molecule has 0 spiro atoms. The monoisotopic (exact) mass is 356 g/mol. The Labute approximate surface area is 163 Å². The Morgan fingerprint density at radius 3 is 2.43 bits per heavy atom. The lowest BCUT2D eigenvalue weighted by molar-refractivity contribution is 1.12. The second-order valence-electron chi connectivity index (χ2n) is 7.30. The van der Waals surface area contributed by atoms with E-state index in [-0.39, 0.29) is 0 Å². The molecule has 0 amide bonds. The van der Waals surface area contributed by atoms with Gasteiger partial charge in [-0.05, 0) is 51.9 Å². The zero-order valence-corrected chi connectivity index (χ0v) is 15.2. The highest BCUT2D eigenvalue weighted by molar-refractivity contribution is 6.10. The molecule has 0 N–H and O–H groups in total. The molecule has 0 atom stereocenters. The van der Waals surface area contributed by atoms with Gasteiger partial charge in [-0.15, -0.1) is 0 Å². The quantitative estimate of drug-likeness (QED) is 0.283. The third-order valence-corrected chi connectivity index (χ3v) is 5.85. The third kappa shape index (κ3) is 1.96. The molecule has 1 aromatic heterocycles. The highest BCUT2D eigenvalue weighted by Crippen LogP contribution is 2.42. The zero-order valence-electron chi connectivity index (χ0n) is 15.2. The SMILES string of the molecule is [C-]#[N+]c1ccc2c(c1)c1ccccc1n2-c1cccc2c1Cc1ccccc1-2. The summed E-state index contributed by atoms with van der Waals surface area (Å²) in [5.41, 5.74) is 9.69. The summed E-state index contributed by atoms with van der Waals surface area (Å²) in [6.45, 7) is 7.39. The molecule has 2 heteroatoms. The predicted molar refractivity (Wildman–Crippen MR) is 115 cm³/mol. The van der Waals surface area contributed by atoms with Crippen LogP contribution >= 0.6 is 0 Å². The van der Waals surface area contributed by atoms with Gasteiger partial charge in [0.25, 0.3) is 0 Å². The minimum absolute atomic E-state index is 0.682. The van der Waals surface area contributed by atoms with Crippen LogP contribution in [0.15, 0.2) is 84.9 Å². The summed E-state index contributed by atoms with van der Waals surface area (Å²) in [4.78, 5) is 3.64. The summed E-state index contributed by atoms with van der Waals surface area (Å²) < 4.78 is 2.36. The van der Waals surface area contributed by atoms with Crippen LogP contribution < -0.4 is 0 Å². The lowest BCUT2D eigenvalue weighted by Crippen LogP contribution is -1.98. The molecule has 0 radical (unpaired) electrons. The van der Waals surface area contributed by atoms with Gasteiger partial charge in [0.15, 0.2) is 5.69 Å². The summed E-state index contributed by atoms with van der Waals surface area (Å²) in [5, 5.41) is 2.33. The van der Waals surface area contributed by atoms with E-state index in [0.717, 1.165) is 17.3 Å². The Hall–Kier alpha value is -3.83. The maximum atomic E-state index is 7.39. The molecular weight excluding hydrogens is 340 g/mol. The maximum Gasteiger partial charge on any atom is 0.188 e. The first kappa shape index (κ1) is 15.2. The van der Waals surface area contributed by atoms with Crippen molar-refractivity contribution in [3.05, 3.63) is 107 Å². The van der Waals surface area contributed by atoms with Gasteiger partial charge in [0.1, 0.15) is 0 Å². The molecule has 0 saturated heterocycles. The highest BCUT2D eigenvalue weighted by Gasteiger charge is 2.23. The fraction of sp³-hybridized carbons (Fsp3) is 0.0385. The molecule has 0 bridgehead atoms. The van der Waals surface area contributed by atoms with Crippen LogP contribution in [0.5, 0.6) is 0 Å². The smallest absolute Gasteiger partial charge is 0.188 e. The topological polar surface area (TPSA) is 9.29 Å². The first-order chi connectivity index (χ1) is 13.8. The summed E-state index contributed by atoms with van der Waals surface area (Å²) >= 11 is 0. The number of aromatic nitrogens is 1. The van der Waals surface area contributed by atoms with E-state index in [4.69, 9.17) is 6.57 Å². The molecule has 0 saturated carbocycles. The lowest BCUT2D eigenvalue weighted by atomic mass is 10.0. The summed E-state index contributed by atoms with van der Waals surface area (Å²) in [6, 6.07) is 29.8. The van der Waals surface area contributed by atoms with Crippen molar-refractivity contribution >= 4 is 27.5 Å². The van der Waals surface area contributed by atoms with E-state index in [0.29, 0.717) is 5.69 Å². The van der Waals surface area contributed by atoms with Crippen molar-refractivity contribution in [2.45, 2.75) is 6.42 Å². The minimum atomic E-state index is 0.682. The summed E-state index contributed by atoms with van der Waals surface area (Å²) in [7, 11) is 0. The standard InChI is InChI=1S/C26H16N2/c1-27-18-13-14-26-23(16-18)21-9-4-5-11-24(21)28(26)25-12-6-10-20-19-8-3-2-7-17(19)15-22(20)25/h2-14,16H,15H2. The first-order valence-corrected chi connectivity index (χ1v) is 9.46. The first-order valence-electron chi connectivity index (χ1n) is 9.46. The predicted octanol–water partition coefficient (Wildman–Crippen LogP) is 6.91. The van der Waals surface area contributed by atoms with Gasteiger partial charge in [0.2, 0.25) is 0 Å². The van der Waals surface area contributed by atoms with Crippen molar-refractivity contribution in [1.29, 1.82) is 0 Å². The maximum absolute atomic E-state index is 7.39. The van der Waals surface area contributed by atoms with Crippen LogP contribution in [0.2, 0.25) is 0 Å². The molecule has 0 unspecified atom stereocenters. The van der Waals surface area contributed by atoms with Crippen LogP contribution in [-0.2, 0) is 6.42 Å². The second-order valence-corrected chi connectivity index (χ2v) is 7.30. The molecular formula is C26H16N2. The van der Waals surface area contributed by atoms with E-state index in [2.05, 4.69) is 82.2 Å². The van der Waals surface area contributed by atoms with E-state index < -0.39 is 0 Å². The molecule has 0 aliphatic heterocycles. The number of hydrogen-bond donors (Lipinski definition) is 0. The Balaban J connectivity index is 1.72. The highest BCUT2D eigenvalue weighted by atomic mass is 15.0. The number of fused-ring (bicyclic) bond motifs is 6. The average molecular weight is 356 g/mol. The molecule has 0 fully saturated rings. The lowest BCUT2D eigenvalue weighted by Gasteiger charge is -2.13. The van der Waals surface area contributed by atoms with Crippen molar-refractivity contribution in [3.8, 4) is 16.8 Å². The number of benzene rings is 4. The Bertz CT molecular complexity index is 1450. The molecule has 5 aromatic rings. The van der Waals surface area contributed by atoms with Gasteiger partial charge in [-0.2, -0.15) is 0 Å². The zero-order chi connectivity index (χ0) is 18.7. The van der Waals surface area contributed by atoms with Gasteiger partial charge in [-0.1, -0.05) is 60.7 Å². The van der Waals surface area contributed by atoms with Gasteiger partial charge in [-0.25, -0.2) is 4.85 Å². The van der Waals surface area contributed by atoms with Gasteiger partial charge < -0.3 is 4.57 Å². The van der Waals surface area contributed by atoms with Crippen molar-refractivity contribution in [3.63, 3.8) is 0 Å². The molecule has 6 rings (SSSR count). The van der Waals surface area contributed by atoms with E-state index in [1.807, 2.05) is 12.1 Å². The van der Waals surface area contributed by atoms with Crippen LogP contribution in [0.1, 0.15) is 11.1 Å². The minimum Gasteiger partial charge on any atom is -0.309 e. The van der Waals surface area contributed by atoms with Crippen molar-refractivity contribution < 1.29 is 0 Å². The Morgan fingerprint density at radius 2 is 1.50 bits per heavy atom. The van der Waals surface area contributed by atoms with Crippen LogP contribution in [0.25, 0.3) is 43.5 Å². The van der Waals surface area contributed by atoms with E-state index >= 15 is 0 Å². The molecule has 2 nitrogen and oxygen atoms in total. The van der Waals surface area contributed by atoms with Crippen LogP contribution in [0.4, 0.5) is 5.69 Å². The van der Waals surface area contributed by atoms with Gasteiger partial charge in [0, 0.05) is 11.8 Å². The molecule has 1 aliphatic carbocycles. The number of nitrogens with zero attached hydrogens (tertiary/aromatic N) is 2. The fourth-order valence-electron chi connectivity index (χ4n) is 4.64. The molecule has 1 heterocycles. The summed E-state index contributed by atoms with van der Waals surface area (Å²) in [6.07, 6.45) is 0.954. The number of hydrogen-bond acceptors (Lipinski definition) is 0. The van der Waals surface area contributed by atoms with Crippen molar-refractivity contribution in [2.75, 3.05) is 0 Å². The number of para-hydroxylation sites is 1. The normalized spacial score (nSPS) is 12.1. The van der Waals surface area contributed by atoms with Gasteiger partial charge in [0.05, 0.1) is 23.3 Å². The summed E-state index contributed by atoms with van der Waals surface area (Å²) in [5.74, 6) is 0. The molecule has 1 aliphatic rings. The van der Waals surface area contributed by atoms with Crippen LogP contribution in [0.3, 0.4) is 0 Å². The number of rotatable bonds is 1. The average Bonchev–Trinajstić information content (AvgIpc) is 3.29. The largest absolute Gasteiger partial charge is 0.309 e. The van der Waals surface area contributed by atoms with Gasteiger partial charge in [-0.3, -0.25) is 0 Å². The van der Waals surface area contributed by atoms with E-state index in [1.54, 1.807) is 0 Å². The Morgan fingerprint density at radius 1 is 0.714 bits per heavy atom. The fourth-order valence-corrected chi connectivity index (χ4v) is 4.64. The van der Waals surface area contributed by atoms with Crippen molar-refractivity contribution in [2.24, 2.45) is 0 Å².